The minimum Gasteiger partial charge on any atom is -1.00 e. The fourth-order valence-corrected chi connectivity index (χ4v) is 3.58. The molecule has 0 bridgehead atoms. The minimum absolute atomic E-state index is 0. The van der Waals surface area contributed by atoms with Gasteiger partial charge in [-0.2, -0.15) is 0 Å². The van der Waals surface area contributed by atoms with Crippen LogP contribution in [0.5, 0.6) is 5.75 Å². The van der Waals surface area contributed by atoms with Crippen LogP contribution in [0.1, 0.15) is 11.7 Å². The molecule has 17 heavy (non-hydrogen) atoms. The molecule has 0 radical (unpaired) electrons. The molecule has 0 unspecified atom stereocenters. The Hall–Kier alpha value is -0.420. The van der Waals surface area contributed by atoms with Crippen molar-refractivity contribution < 1.29 is 27.2 Å². The minimum atomic E-state index is 0. The highest BCUT2D eigenvalue weighted by atomic mass is 35.5. The number of halogens is 1. The maximum atomic E-state index is 5.91. The second-order valence-electron chi connectivity index (χ2n) is 4.19. The molecule has 3 nitrogen and oxygen atoms in total. The van der Waals surface area contributed by atoms with E-state index in [0.29, 0.717) is 6.04 Å². The lowest BCUT2D eigenvalue weighted by atomic mass is 10.0. The molecule has 2 N–H and O–H groups in total. The van der Waals surface area contributed by atoms with E-state index in [9.17, 15) is 0 Å². The number of quaternary nitrogens is 1. The number of hydrogen-bond donors (Lipinski definition) is 1. The van der Waals surface area contributed by atoms with Crippen LogP contribution in [0.3, 0.4) is 0 Å². The number of morpholine rings is 1. The molecule has 0 aromatic heterocycles. The number of rotatable bonds is 1. The van der Waals surface area contributed by atoms with Gasteiger partial charge in [0.15, 0.2) is 0 Å². The van der Waals surface area contributed by atoms with Crippen LogP contribution in [0.15, 0.2) is 23.1 Å². The Bertz CT molecular complexity index is 402. The van der Waals surface area contributed by atoms with Gasteiger partial charge in [-0.25, -0.2) is 0 Å². The number of ether oxygens (including phenoxy) is 2. The molecular weight excluding hydrogens is 258 g/mol. The van der Waals surface area contributed by atoms with Gasteiger partial charge in [0.05, 0.1) is 26.0 Å². The van der Waals surface area contributed by atoms with E-state index in [0.717, 1.165) is 24.7 Å². The zero-order valence-corrected chi connectivity index (χ0v) is 11.3. The molecule has 3 rings (SSSR count). The van der Waals surface area contributed by atoms with Crippen LogP contribution in [0, 0.1) is 0 Å². The van der Waals surface area contributed by atoms with Crippen LogP contribution < -0.4 is 22.5 Å². The predicted molar refractivity (Wildman–Crippen MR) is 63.0 cm³/mol. The molecule has 1 aromatic rings. The normalized spacial score (nSPS) is 26.4. The summed E-state index contributed by atoms with van der Waals surface area (Å²) in [7, 11) is 1.71. The molecule has 94 valence electrons. The third-order valence-electron chi connectivity index (χ3n) is 3.23. The van der Waals surface area contributed by atoms with Gasteiger partial charge in [0.1, 0.15) is 17.9 Å². The molecule has 0 spiro atoms. The second-order valence-corrected chi connectivity index (χ2v) is 5.26. The summed E-state index contributed by atoms with van der Waals surface area (Å²) in [5.41, 5.74) is 1.30. The van der Waals surface area contributed by atoms with Crippen LogP contribution in [-0.2, 0) is 4.74 Å². The SMILES string of the molecule is COc1ccc2c(c1)[C@H]1OCC[NH2+][C@@H]1CS2.[Cl-]. The van der Waals surface area contributed by atoms with Gasteiger partial charge < -0.3 is 27.2 Å². The molecule has 0 aliphatic carbocycles. The number of hydrogen-bond acceptors (Lipinski definition) is 3. The molecule has 1 saturated heterocycles. The van der Waals surface area contributed by atoms with Crippen LogP contribution in [0.2, 0.25) is 0 Å². The Morgan fingerprint density at radius 3 is 3.18 bits per heavy atom. The zero-order valence-electron chi connectivity index (χ0n) is 9.69. The predicted octanol–water partition coefficient (Wildman–Crippen LogP) is -2.19. The van der Waals surface area contributed by atoms with E-state index in [2.05, 4.69) is 17.4 Å². The number of fused-ring (bicyclic) bond motifs is 3. The van der Waals surface area contributed by atoms with Gasteiger partial charge >= 0.3 is 0 Å². The highest BCUT2D eigenvalue weighted by Gasteiger charge is 2.36. The first-order chi connectivity index (χ1) is 7.88. The highest BCUT2D eigenvalue weighted by molar-refractivity contribution is 7.99. The van der Waals surface area contributed by atoms with Crippen LogP contribution >= 0.6 is 11.8 Å². The average Bonchev–Trinajstić information content (AvgIpc) is 2.38. The Labute approximate surface area is 112 Å². The Kier molecular flexibility index (Phi) is 4.20. The van der Waals surface area contributed by atoms with Gasteiger partial charge in [-0.05, 0) is 18.2 Å². The molecule has 2 aliphatic rings. The van der Waals surface area contributed by atoms with Crippen LogP contribution in [0.4, 0.5) is 0 Å². The summed E-state index contributed by atoms with van der Waals surface area (Å²) in [5, 5.41) is 2.41. The first-order valence-electron chi connectivity index (χ1n) is 5.64. The van der Waals surface area contributed by atoms with Gasteiger partial charge in [0, 0.05) is 10.5 Å². The van der Waals surface area contributed by atoms with Crippen molar-refractivity contribution in [1.82, 2.24) is 0 Å². The molecule has 5 heteroatoms. The quantitative estimate of drug-likeness (QED) is 0.631. The molecule has 2 heterocycles. The lowest BCUT2D eigenvalue weighted by Gasteiger charge is -2.34. The monoisotopic (exact) mass is 273 g/mol. The van der Waals surface area contributed by atoms with E-state index >= 15 is 0 Å². The summed E-state index contributed by atoms with van der Waals surface area (Å²) >= 11 is 1.93. The lowest BCUT2D eigenvalue weighted by Crippen LogP contribution is -3.00. The van der Waals surface area contributed by atoms with Crippen molar-refractivity contribution in [1.29, 1.82) is 0 Å². The summed E-state index contributed by atoms with van der Waals surface area (Å²) in [6, 6.07) is 6.86. The van der Waals surface area contributed by atoms with Crippen molar-refractivity contribution in [3.05, 3.63) is 23.8 Å². The zero-order chi connectivity index (χ0) is 11.0. The van der Waals surface area contributed by atoms with Crippen molar-refractivity contribution in [2.75, 3.05) is 26.0 Å². The van der Waals surface area contributed by atoms with E-state index in [1.165, 1.54) is 10.5 Å². The van der Waals surface area contributed by atoms with Crippen molar-refractivity contribution in [2.45, 2.75) is 17.0 Å². The molecule has 0 saturated carbocycles. The summed E-state index contributed by atoms with van der Waals surface area (Å²) < 4.78 is 11.2. The van der Waals surface area contributed by atoms with Gasteiger partial charge in [-0.1, -0.05) is 0 Å². The molecule has 0 amide bonds. The number of benzene rings is 1. The number of methoxy groups -OCH3 is 1. The van der Waals surface area contributed by atoms with Crippen molar-refractivity contribution >= 4 is 11.8 Å². The summed E-state index contributed by atoms with van der Waals surface area (Å²) in [6.45, 7) is 1.93. The molecule has 2 aliphatic heterocycles. The Morgan fingerprint density at radius 1 is 1.47 bits per heavy atom. The van der Waals surface area contributed by atoms with Crippen molar-refractivity contribution in [2.24, 2.45) is 0 Å². The maximum Gasteiger partial charge on any atom is 0.136 e. The van der Waals surface area contributed by atoms with E-state index < -0.39 is 0 Å². The van der Waals surface area contributed by atoms with E-state index in [4.69, 9.17) is 9.47 Å². The summed E-state index contributed by atoms with van der Waals surface area (Å²) in [6.07, 6.45) is 0.250. The van der Waals surface area contributed by atoms with Crippen molar-refractivity contribution in [3.63, 3.8) is 0 Å². The van der Waals surface area contributed by atoms with Crippen LogP contribution in [-0.4, -0.2) is 32.1 Å². The standard InChI is InChI=1S/C12H15NO2S.ClH/c1-14-8-2-3-11-9(6-8)12-10(7-16-11)13-4-5-15-12;/h2-3,6,10,12-13H,4-5,7H2,1H3;1H/t10-,12-;/m1./s1. The second kappa shape index (κ2) is 5.48. The maximum absolute atomic E-state index is 5.91. The highest BCUT2D eigenvalue weighted by Crippen LogP contribution is 2.39. The fraction of sp³-hybridized carbons (Fsp3) is 0.500. The molecule has 1 aromatic carbocycles. The van der Waals surface area contributed by atoms with Crippen molar-refractivity contribution in [3.8, 4) is 5.75 Å². The average molecular weight is 274 g/mol. The molecule has 1 fully saturated rings. The Balaban J connectivity index is 0.00000108. The van der Waals surface area contributed by atoms with Gasteiger partial charge in [0.2, 0.25) is 0 Å². The van der Waals surface area contributed by atoms with E-state index in [-0.39, 0.29) is 18.5 Å². The van der Waals surface area contributed by atoms with E-state index in [1.807, 2.05) is 17.8 Å². The van der Waals surface area contributed by atoms with E-state index in [1.54, 1.807) is 7.11 Å². The first-order valence-corrected chi connectivity index (χ1v) is 6.63. The lowest BCUT2D eigenvalue weighted by molar-refractivity contribution is -0.710. The van der Waals surface area contributed by atoms with Gasteiger partial charge in [0.25, 0.3) is 0 Å². The van der Waals surface area contributed by atoms with Gasteiger partial charge in [-0.3, -0.25) is 0 Å². The molecule has 2 atom stereocenters. The van der Waals surface area contributed by atoms with Crippen LogP contribution in [0.25, 0.3) is 0 Å². The summed E-state index contributed by atoms with van der Waals surface area (Å²) in [5.74, 6) is 2.07. The third-order valence-corrected chi connectivity index (χ3v) is 4.46. The third kappa shape index (κ3) is 2.40. The summed E-state index contributed by atoms with van der Waals surface area (Å²) in [4.78, 5) is 1.34. The number of nitrogens with two attached hydrogens (primary N) is 1. The number of thioether (sulfide) groups is 1. The first kappa shape index (κ1) is 13.0. The largest absolute Gasteiger partial charge is 1.00 e. The molecular formula is C12H16ClNO2S. The van der Waals surface area contributed by atoms with Gasteiger partial charge in [-0.15, -0.1) is 11.8 Å². The smallest absolute Gasteiger partial charge is 0.136 e. The Morgan fingerprint density at radius 2 is 2.35 bits per heavy atom. The fourth-order valence-electron chi connectivity index (χ4n) is 2.39. The topological polar surface area (TPSA) is 35.1 Å².